The number of guanidine groups is 1. The maximum absolute atomic E-state index is 5.42. The Morgan fingerprint density at radius 1 is 1.35 bits per heavy atom. The average Bonchev–Trinajstić information content (AvgIpc) is 2.59. The van der Waals surface area contributed by atoms with E-state index in [1.165, 1.54) is 12.0 Å². The fraction of sp³-hybridized carbons (Fsp3) is 0.625. The number of morpholine rings is 1. The summed E-state index contributed by atoms with van der Waals surface area (Å²) in [5.74, 6) is 1.88. The number of halogens is 1. The van der Waals surface area contributed by atoms with Gasteiger partial charge in [-0.2, -0.15) is 0 Å². The van der Waals surface area contributed by atoms with Gasteiger partial charge in [0, 0.05) is 45.0 Å². The van der Waals surface area contributed by atoms with E-state index in [2.05, 4.69) is 38.5 Å². The molecule has 0 amide bonds. The topological polar surface area (TPSA) is 61.8 Å². The minimum absolute atomic E-state index is 0. The molecule has 0 aliphatic carbocycles. The molecular weight excluding hydrogens is 405 g/mol. The van der Waals surface area contributed by atoms with Gasteiger partial charge in [-0.15, -0.1) is 24.0 Å². The normalized spacial score (nSPS) is 15.0. The molecule has 2 rings (SSSR count). The van der Waals surface area contributed by atoms with E-state index in [1.54, 1.807) is 7.05 Å². The molecule has 0 radical (unpaired) electrons. The predicted molar refractivity (Wildman–Crippen MR) is 106 cm³/mol. The summed E-state index contributed by atoms with van der Waals surface area (Å²) in [5.41, 5.74) is 1.18. The number of pyridine rings is 1. The van der Waals surface area contributed by atoms with Crippen molar-refractivity contribution in [3.63, 3.8) is 0 Å². The van der Waals surface area contributed by atoms with Crippen LogP contribution in [0.3, 0.4) is 0 Å². The van der Waals surface area contributed by atoms with Gasteiger partial charge in [0.05, 0.1) is 13.2 Å². The molecule has 0 spiro atoms. The highest BCUT2D eigenvalue weighted by atomic mass is 127. The van der Waals surface area contributed by atoms with Gasteiger partial charge in [-0.05, 0) is 12.5 Å². The molecule has 1 aromatic heterocycles. The first-order valence-electron chi connectivity index (χ1n) is 8.06. The van der Waals surface area contributed by atoms with Crippen molar-refractivity contribution in [2.75, 3.05) is 44.8 Å². The van der Waals surface area contributed by atoms with Gasteiger partial charge in [0.2, 0.25) is 0 Å². The van der Waals surface area contributed by atoms with Crippen molar-refractivity contribution in [3.05, 3.63) is 23.9 Å². The monoisotopic (exact) mass is 433 g/mol. The first kappa shape index (κ1) is 20.0. The van der Waals surface area contributed by atoms with Crippen molar-refractivity contribution in [1.82, 2.24) is 15.6 Å². The molecule has 2 heterocycles. The maximum Gasteiger partial charge on any atom is 0.191 e. The predicted octanol–water partition coefficient (Wildman–Crippen LogP) is 2.00. The largest absolute Gasteiger partial charge is 0.378 e. The summed E-state index contributed by atoms with van der Waals surface area (Å²) in [6.45, 7) is 7.17. The third kappa shape index (κ3) is 6.50. The van der Waals surface area contributed by atoms with Crippen LogP contribution in [0.5, 0.6) is 0 Å². The van der Waals surface area contributed by atoms with Crippen molar-refractivity contribution < 1.29 is 4.74 Å². The Hall–Kier alpha value is -1.09. The van der Waals surface area contributed by atoms with Crippen LogP contribution >= 0.6 is 24.0 Å². The van der Waals surface area contributed by atoms with Crippen LogP contribution in [0.4, 0.5) is 5.82 Å². The van der Waals surface area contributed by atoms with Gasteiger partial charge < -0.3 is 20.3 Å². The summed E-state index contributed by atoms with van der Waals surface area (Å²) in [4.78, 5) is 11.1. The Morgan fingerprint density at radius 2 is 2.13 bits per heavy atom. The lowest BCUT2D eigenvalue weighted by atomic mass is 10.2. The molecule has 7 heteroatoms. The van der Waals surface area contributed by atoms with E-state index in [4.69, 9.17) is 4.74 Å². The molecule has 0 unspecified atom stereocenters. The zero-order valence-corrected chi connectivity index (χ0v) is 16.4. The van der Waals surface area contributed by atoms with E-state index in [-0.39, 0.29) is 24.0 Å². The minimum atomic E-state index is 0. The molecule has 6 nitrogen and oxygen atoms in total. The summed E-state index contributed by atoms with van der Waals surface area (Å²) in [7, 11) is 1.80. The van der Waals surface area contributed by atoms with Crippen LogP contribution in [0.25, 0.3) is 0 Å². The number of aromatic nitrogens is 1. The van der Waals surface area contributed by atoms with Gasteiger partial charge in [0.1, 0.15) is 5.82 Å². The summed E-state index contributed by atoms with van der Waals surface area (Å²) in [6, 6.07) is 4.10. The van der Waals surface area contributed by atoms with Crippen molar-refractivity contribution in [1.29, 1.82) is 0 Å². The van der Waals surface area contributed by atoms with Gasteiger partial charge in [0.25, 0.3) is 0 Å². The van der Waals surface area contributed by atoms with Crippen molar-refractivity contribution in [2.24, 2.45) is 4.99 Å². The van der Waals surface area contributed by atoms with E-state index in [0.29, 0.717) is 6.54 Å². The van der Waals surface area contributed by atoms with Gasteiger partial charge in [-0.1, -0.05) is 19.4 Å². The van der Waals surface area contributed by atoms with Crippen molar-refractivity contribution >= 4 is 35.8 Å². The zero-order chi connectivity index (χ0) is 15.6. The average molecular weight is 433 g/mol. The molecule has 0 bridgehead atoms. The Bertz CT molecular complexity index is 477. The molecule has 0 saturated carbocycles. The molecule has 1 fully saturated rings. The van der Waals surface area contributed by atoms with Gasteiger partial charge in [0.15, 0.2) is 5.96 Å². The minimum Gasteiger partial charge on any atom is -0.378 e. The van der Waals surface area contributed by atoms with Crippen LogP contribution in [-0.2, 0) is 11.3 Å². The molecule has 0 aromatic carbocycles. The van der Waals surface area contributed by atoms with Crippen molar-refractivity contribution in [3.8, 4) is 0 Å². The molecule has 2 N–H and O–H groups in total. The van der Waals surface area contributed by atoms with E-state index in [9.17, 15) is 0 Å². The molecule has 1 saturated heterocycles. The van der Waals surface area contributed by atoms with Crippen LogP contribution in [0.2, 0.25) is 0 Å². The second-order valence-electron chi connectivity index (χ2n) is 5.29. The molecule has 23 heavy (non-hydrogen) atoms. The SMILES string of the molecule is CCCCNC(=NC)NCc1cccnc1N1CCOCC1.I. The summed E-state index contributed by atoms with van der Waals surface area (Å²) >= 11 is 0. The Morgan fingerprint density at radius 3 is 2.83 bits per heavy atom. The Balaban J connectivity index is 0.00000264. The molecule has 130 valence electrons. The van der Waals surface area contributed by atoms with Crippen LogP contribution in [0, 0.1) is 0 Å². The number of rotatable bonds is 6. The zero-order valence-electron chi connectivity index (χ0n) is 14.0. The molecule has 1 aliphatic heterocycles. The second-order valence-corrected chi connectivity index (χ2v) is 5.29. The first-order valence-corrected chi connectivity index (χ1v) is 8.06. The number of aliphatic imine (C=N–C) groups is 1. The molecular formula is C16H28IN5O. The lowest BCUT2D eigenvalue weighted by Crippen LogP contribution is -2.39. The Labute approximate surface area is 156 Å². The van der Waals surface area contributed by atoms with Crippen molar-refractivity contribution in [2.45, 2.75) is 26.3 Å². The van der Waals surface area contributed by atoms with E-state index < -0.39 is 0 Å². The second kappa shape index (κ2) is 11.4. The van der Waals surface area contributed by atoms with Crippen LogP contribution < -0.4 is 15.5 Å². The van der Waals surface area contributed by atoms with Crippen LogP contribution in [0.1, 0.15) is 25.3 Å². The van der Waals surface area contributed by atoms with Gasteiger partial charge in [-0.25, -0.2) is 4.98 Å². The Kier molecular flexibility index (Phi) is 9.93. The molecule has 1 aliphatic rings. The van der Waals surface area contributed by atoms with Crippen LogP contribution in [0.15, 0.2) is 23.3 Å². The number of anilines is 1. The molecule has 1 aromatic rings. The number of nitrogens with one attached hydrogen (secondary N) is 2. The van der Waals surface area contributed by atoms with Gasteiger partial charge in [-0.3, -0.25) is 4.99 Å². The van der Waals surface area contributed by atoms with E-state index in [1.807, 2.05) is 12.3 Å². The fourth-order valence-corrected chi connectivity index (χ4v) is 2.41. The van der Waals surface area contributed by atoms with Gasteiger partial charge >= 0.3 is 0 Å². The third-order valence-corrected chi connectivity index (χ3v) is 3.67. The van der Waals surface area contributed by atoms with E-state index in [0.717, 1.165) is 51.0 Å². The van der Waals surface area contributed by atoms with Crippen LogP contribution in [-0.4, -0.2) is 50.8 Å². The maximum atomic E-state index is 5.42. The third-order valence-electron chi connectivity index (χ3n) is 3.67. The highest BCUT2D eigenvalue weighted by Gasteiger charge is 2.15. The number of hydrogen-bond acceptors (Lipinski definition) is 4. The lowest BCUT2D eigenvalue weighted by molar-refractivity contribution is 0.122. The number of hydrogen-bond donors (Lipinski definition) is 2. The first-order chi connectivity index (χ1) is 10.8. The standard InChI is InChI=1S/C16H27N5O.HI/c1-3-4-7-19-16(17-2)20-13-14-6-5-8-18-15(14)21-9-11-22-12-10-21;/h5-6,8H,3-4,7,9-13H2,1-2H3,(H2,17,19,20);1H. The lowest BCUT2D eigenvalue weighted by Gasteiger charge is -2.29. The summed E-state index contributed by atoms with van der Waals surface area (Å²) < 4.78 is 5.42. The number of ether oxygens (including phenoxy) is 1. The fourth-order valence-electron chi connectivity index (χ4n) is 2.41. The summed E-state index contributed by atoms with van der Waals surface area (Å²) in [5, 5.41) is 6.69. The quantitative estimate of drug-likeness (QED) is 0.311. The number of unbranched alkanes of at least 4 members (excludes halogenated alkanes) is 1. The van der Waals surface area contributed by atoms with E-state index >= 15 is 0 Å². The summed E-state index contributed by atoms with van der Waals surface area (Å²) in [6.07, 6.45) is 4.17. The molecule has 0 atom stereocenters. The highest BCUT2D eigenvalue weighted by molar-refractivity contribution is 14.0. The highest BCUT2D eigenvalue weighted by Crippen LogP contribution is 2.18. The number of nitrogens with zero attached hydrogens (tertiary/aromatic N) is 3. The smallest absolute Gasteiger partial charge is 0.191 e.